The van der Waals surface area contributed by atoms with Gasteiger partial charge in [0.05, 0.1) is 0 Å². The summed E-state index contributed by atoms with van der Waals surface area (Å²) in [5.41, 5.74) is 0.0545. The Labute approximate surface area is 88.9 Å². The number of hydrogen-bond acceptors (Lipinski definition) is 3. The second kappa shape index (κ2) is 4.39. The highest BCUT2D eigenvalue weighted by atomic mass is 32.2. The molecule has 0 aliphatic carbocycles. The van der Waals surface area contributed by atoms with E-state index in [1.54, 1.807) is 0 Å². The van der Waals surface area contributed by atoms with Crippen molar-refractivity contribution in [2.75, 3.05) is 0 Å². The molecule has 3 nitrogen and oxygen atoms in total. The van der Waals surface area contributed by atoms with Gasteiger partial charge in [0.15, 0.2) is 5.16 Å². The molecule has 0 aliphatic heterocycles. The maximum atomic E-state index is 13.2. The average molecular weight is 227 g/mol. The summed E-state index contributed by atoms with van der Waals surface area (Å²) in [7, 11) is 0. The lowest BCUT2D eigenvalue weighted by molar-refractivity contribution is 0.566. The van der Waals surface area contributed by atoms with Gasteiger partial charge in [0.2, 0.25) is 0 Å². The summed E-state index contributed by atoms with van der Waals surface area (Å²) in [5.74, 6) is -0.891. The SMILES string of the molecule is Fc1cccc(F)c1CSc1ncn[nH]1. The Morgan fingerprint density at radius 2 is 2.00 bits per heavy atom. The lowest BCUT2D eigenvalue weighted by Crippen LogP contribution is -1.93. The van der Waals surface area contributed by atoms with Crippen molar-refractivity contribution in [3.63, 3.8) is 0 Å². The summed E-state index contributed by atoms with van der Waals surface area (Å²) in [6, 6.07) is 3.81. The number of thioether (sulfide) groups is 1. The highest BCUT2D eigenvalue weighted by Crippen LogP contribution is 2.22. The number of halogens is 2. The fraction of sp³-hybridized carbons (Fsp3) is 0.111. The van der Waals surface area contributed by atoms with Gasteiger partial charge in [-0.05, 0) is 12.1 Å². The largest absolute Gasteiger partial charge is 0.254 e. The second-order valence-corrected chi connectivity index (χ2v) is 3.74. The number of benzene rings is 1. The van der Waals surface area contributed by atoms with Crippen molar-refractivity contribution in [2.24, 2.45) is 0 Å². The molecule has 0 saturated carbocycles. The first-order valence-electron chi connectivity index (χ1n) is 4.18. The molecule has 1 aromatic carbocycles. The van der Waals surface area contributed by atoms with Gasteiger partial charge in [0, 0.05) is 11.3 Å². The quantitative estimate of drug-likeness (QED) is 0.818. The molecular formula is C9H7F2N3S. The van der Waals surface area contributed by atoms with Crippen LogP contribution in [0.25, 0.3) is 0 Å². The van der Waals surface area contributed by atoms with Crippen molar-refractivity contribution in [2.45, 2.75) is 10.9 Å². The second-order valence-electron chi connectivity index (χ2n) is 2.78. The fourth-order valence-corrected chi connectivity index (χ4v) is 1.87. The molecule has 0 unspecified atom stereocenters. The number of H-pyrrole nitrogens is 1. The number of aromatic amines is 1. The Balaban J connectivity index is 2.11. The molecule has 0 atom stereocenters. The van der Waals surface area contributed by atoms with Gasteiger partial charge in [0.25, 0.3) is 0 Å². The molecule has 15 heavy (non-hydrogen) atoms. The lowest BCUT2D eigenvalue weighted by Gasteiger charge is -2.02. The third-order valence-electron chi connectivity index (χ3n) is 1.81. The molecule has 0 saturated heterocycles. The van der Waals surface area contributed by atoms with Gasteiger partial charge in [-0.25, -0.2) is 13.8 Å². The molecule has 2 rings (SSSR count). The molecule has 0 amide bonds. The minimum atomic E-state index is -0.540. The summed E-state index contributed by atoms with van der Waals surface area (Å²) in [4.78, 5) is 3.84. The molecule has 0 spiro atoms. The topological polar surface area (TPSA) is 41.6 Å². The van der Waals surface area contributed by atoms with E-state index < -0.39 is 11.6 Å². The van der Waals surface area contributed by atoms with Crippen LogP contribution in [0.2, 0.25) is 0 Å². The van der Waals surface area contributed by atoms with Crippen LogP contribution in [0.5, 0.6) is 0 Å². The lowest BCUT2D eigenvalue weighted by atomic mass is 10.2. The minimum Gasteiger partial charge on any atom is -0.254 e. The zero-order valence-electron chi connectivity index (χ0n) is 7.58. The van der Waals surface area contributed by atoms with Gasteiger partial charge in [0.1, 0.15) is 18.0 Å². The Kier molecular flexibility index (Phi) is 2.96. The van der Waals surface area contributed by atoms with Crippen LogP contribution >= 0.6 is 11.8 Å². The summed E-state index contributed by atoms with van der Waals surface area (Å²) in [5, 5.41) is 6.78. The van der Waals surface area contributed by atoms with E-state index in [0.29, 0.717) is 5.16 Å². The highest BCUT2D eigenvalue weighted by Gasteiger charge is 2.09. The number of rotatable bonds is 3. The van der Waals surface area contributed by atoms with Crippen LogP contribution in [0.15, 0.2) is 29.7 Å². The predicted octanol–water partition coefficient (Wildman–Crippen LogP) is 2.38. The third-order valence-corrected chi connectivity index (χ3v) is 2.71. The molecule has 1 heterocycles. The van der Waals surface area contributed by atoms with Crippen molar-refractivity contribution in [1.29, 1.82) is 0 Å². The van der Waals surface area contributed by atoms with Gasteiger partial charge in [-0.15, -0.1) is 0 Å². The molecule has 0 fully saturated rings. The van der Waals surface area contributed by atoms with Gasteiger partial charge in [-0.1, -0.05) is 17.8 Å². The van der Waals surface area contributed by atoms with E-state index >= 15 is 0 Å². The molecule has 78 valence electrons. The Hall–Kier alpha value is -1.43. The molecule has 6 heteroatoms. The Morgan fingerprint density at radius 1 is 1.27 bits per heavy atom. The zero-order valence-corrected chi connectivity index (χ0v) is 8.39. The summed E-state index contributed by atoms with van der Waals surface area (Å²) in [6.45, 7) is 0. The minimum absolute atomic E-state index is 0.0545. The number of nitrogens with one attached hydrogen (secondary N) is 1. The van der Waals surface area contributed by atoms with Gasteiger partial charge >= 0.3 is 0 Å². The van der Waals surface area contributed by atoms with Crippen LogP contribution in [0, 0.1) is 11.6 Å². The van der Waals surface area contributed by atoms with E-state index in [0.717, 1.165) is 0 Å². The molecule has 1 N–H and O–H groups in total. The normalized spacial score (nSPS) is 10.5. The smallest absolute Gasteiger partial charge is 0.183 e. The molecule has 1 aromatic heterocycles. The van der Waals surface area contributed by atoms with Crippen molar-refractivity contribution in [3.8, 4) is 0 Å². The molecule has 2 aromatic rings. The van der Waals surface area contributed by atoms with Crippen LogP contribution in [0.1, 0.15) is 5.56 Å². The first-order chi connectivity index (χ1) is 7.27. The average Bonchev–Trinajstić information content (AvgIpc) is 2.70. The maximum Gasteiger partial charge on any atom is 0.183 e. The van der Waals surface area contributed by atoms with Crippen molar-refractivity contribution < 1.29 is 8.78 Å². The van der Waals surface area contributed by atoms with Crippen molar-refractivity contribution >= 4 is 11.8 Å². The molecule has 0 radical (unpaired) electrons. The fourth-order valence-electron chi connectivity index (χ4n) is 1.07. The molecule has 0 bridgehead atoms. The number of nitrogens with zero attached hydrogens (tertiary/aromatic N) is 2. The van der Waals surface area contributed by atoms with E-state index in [-0.39, 0.29) is 11.3 Å². The van der Waals surface area contributed by atoms with Crippen LogP contribution in [-0.2, 0) is 5.75 Å². The van der Waals surface area contributed by atoms with E-state index in [2.05, 4.69) is 15.2 Å². The first-order valence-corrected chi connectivity index (χ1v) is 5.17. The van der Waals surface area contributed by atoms with Crippen LogP contribution in [-0.4, -0.2) is 15.2 Å². The molecular weight excluding hydrogens is 220 g/mol. The van der Waals surface area contributed by atoms with Gasteiger partial charge in [-0.2, -0.15) is 5.10 Å². The van der Waals surface area contributed by atoms with Crippen LogP contribution in [0.4, 0.5) is 8.78 Å². The van der Waals surface area contributed by atoms with E-state index in [1.807, 2.05) is 0 Å². The summed E-state index contributed by atoms with van der Waals surface area (Å²) >= 11 is 1.20. The third kappa shape index (κ3) is 2.33. The Morgan fingerprint density at radius 3 is 2.60 bits per heavy atom. The maximum absolute atomic E-state index is 13.2. The highest BCUT2D eigenvalue weighted by molar-refractivity contribution is 7.98. The van der Waals surface area contributed by atoms with Crippen LogP contribution < -0.4 is 0 Å². The van der Waals surface area contributed by atoms with Gasteiger partial charge in [-0.3, -0.25) is 5.10 Å². The predicted molar refractivity (Wildman–Crippen MR) is 52.3 cm³/mol. The van der Waals surface area contributed by atoms with E-state index in [1.165, 1.54) is 36.3 Å². The number of aromatic nitrogens is 3. The van der Waals surface area contributed by atoms with Crippen molar-refractivity contribution in [1.82, 2.24) is 15.2 Å². The van der Waals surface area contributed by atoms with Crippen LogP contribution in [0.3, 0.4) is 0 Å². The van der Waals surface area contributed by atoms with E-state index in [9.17, 15) is 8.78 Å². The Bertz CT molecular complexity index is 424. The summed E-state index contributed by atoms with van der Waals surface area (Å²) < 4.78 is 26.4. The van der Waals surface area contributed by atoms with Gasteiger partial charge < -0.3 is 0 Å². The number of hydrogen-bond donors (Lipinski definition) is 1. The standard InChI is InChI=1S/C9H7F2N3S/c10-7-2-1-3-8(11)6(7)4-15-9-12-5-13-14-9/h1-3,5H,4H2,(H,12,13,14). The van der Waals surface area contributed by atoms with Crippen molar-refractivity contribution in [3.05, 3.63) is 41.7 Å². The molecule has 0 aliphatic rings. The zero-order chi connectivity index (χ0) is 10.7. The van der Waals surface area contributed by atoms with E-state index in [4.69, 9.17) is 0 Å². The monoisotopic (exact) mass is 227 g/mol. The first kappa shape index (κ1) is 10.1. The summed E-state index contributed by atoms with van der Waals surface area (Å²) in [6.07, 6.45) is 1.35.